The lowest BCUT2D eigenvalue weighted by atomic mass is 9.64. The summed E-state index contributed by atoms with van der Waals surface area (Å²) in [6.45, 7) is 2.31. The molecular formula is C13H22O2. The zero-order valence-corrected chi connectivity index (χ0v) is 9.97. The van der Waals surface area contributed by atoms with Gasteiger partial charge in [-0.05, 0) is 36.5 Å². The maximum absolute atomic E-state index is 11.5. The minimum atomic E-state index is -0.0225. The van der Waals surface area contributed by atoms with E-state index in [1.807, 2.05) is 0 Å². The second-order valence-corrected chi connectivity index (χ2v) is 5.65. The largest absolute Gasteiger partial charge is 0.469 e. The lowest BCUT2D eigenvalue weighted by Crippen LogP contribution is -2.35. The van der Waals surface area contributed by atoms with Gasteiger partial charge in [-0.1, -0.05) is 26.2 Å². The van der Waals surface area contributed by atoms with Gasteiger partial charge in [0.1, 0.15) is 0 Å². The van der Waals surface area contributed by atoms with Crippen LogP contribution in [0.3, 0.4) is 0 Å². The molecule has 1 unspecified atom stereocenters. The van der Waals surface area contributed by atoms with Crippen LogP contribution in [-0.2, 0) is 9.53 Å². The Labute approximate surface area is 92.4 Å². The summed E-state index contributed by atoms with van der Waals surface area (Å²) in [5, 5.41) is 0. The SMILES string of the molecule is COC(=O)CC1(C)CCCC12CCCC2. The van der Waals surface area contributed by atoms with Crippen molar-refractivity contribution in [2.24, 2.45) is 10.8 Å². The normalized spacial score (nSPS) is 33.5. The number of hydrogen-bond acceptors (Lipinski definition) is 2. The van der Waals surface area contributed by atoms with Crippen LogP contribution in [0.1, 0.15) is 58.3 Å². The highest BCUT2D eigenvalue weighted by Gasteiger charge is 2.53. The van der Waals surface area contributed by atoms with E-state index in [2.05, 4.69) is 6.92 Å². The Morgan fingerprint density at radius 1 is 1.13 bits per heavy atom. The summed E-state index contributed by atoms with van der Waals surface area (Å²) in [5.74, 6) is -0.0225. The fourth-order valence-corrected chi connectivity index (χ4v) is 3.96. The molecule has 1 spiro atoms. The average Bonchev–Trinajstić information content (AvgIpc) is 2.78. The second kappa shape index (κ2) is 3.80. The molecule has 15 heavy (non-hydrogen) atoms. The highest BCUT2D eigenvalue weighted by molar-refractivity contribution is 5.70. The Kier molecular flexibility index (Phi) is 2.78. The highest BCUT2D eigenvalue weighted by Crippen LogP contribution is 2.62. The van der Waals surface area contributed by atoms with Gasteiger partial charge < -0.3 is 4.74 Å². The number of esters is 1. The maximum atomic E-state index is 11.5. The summed E-state index contributed by atoms with van der Waals surface area (Å²) < 4.78 is 4.84. The predicted molar refractivity (Wildman–Crippen MR) is 59.5 cm³/mol. The van der Waals surface area contributed by atoms with Crippen molar-refractivity contribution in [1.82, 2.24) is 0 Å². The van der Waals surface area contributed by atoms with E-state index in [1.165, 1.54) is 52.1 Å². The van der Waals surface area contributed by atoms with Crippen LogP contribution in [0.4, 0.5) is 0 Å². The fourth-order valence-electron chi connectivity index (χ4n) is 3.96. The predicted octanol–water partition coefficient (Wildman–Crippen LogP) is 3.30. The Balaban J connectivity index is 2.14. The Bertz CT molecular complexity index is 248. The Hall–Kier alpha value is -0.530. The summed E-state index contributed by atoms with van der Waals surface area (Å²) in [5.41, 5.74) is 0.692. The molecule has 2 rings (SSSR count). The number of rotatable bonds is 2. The van der Waals surface area contributed by atoms with Crippen molar-refractivity contribution in [3.8, 4) is 0 Å². The standard InChI is InChI=1S/C13H22O2/c1-12(10-11(14)15-2)6-5-9-13(12)7-3-4-8-13/h3-10H2,1-2H3. The highest BCUT2D eigenvalue weighted by atomic mass is 16.5. The van der Waals surface area contributed by atoms with Gasteiger partial charge in [-0.25, -0.2) is 0 Å². The lowest BCUT2D eigenvalue weighted by molar-refractivity contribution is -0.145. The molecule has 0 N–H and O–H groups in total. The van der Waals surface area contributed by atoms with E-state index >= 15 is 0 Å². The van der Waals surface area contributed by atoms with Crippen molar-refractivity contribution in [2.75, 3.05) is 7.11 Å². The first-order chi connectivity index (χ1) is 7.12. The molecule has 2 heteroatoms. The maximum Gasteiger partial charge on any atom is 0.306 e. The quantitative estimate of drug-likeness (QED) is 0.654. The summed E-state index contributed by atoms with van der Waals surface area (Å²) in [6.07, 6.45) is 9.86. The van der Waals surface area contributed by atoms with Gasteiger partial charge >= 0.3 is 5.97 Å². The van der Waals surface area contributed by atoms with Gasteiger partial charge in [-0.3, -0.25) is 4.79 Å². The molecule has 0 aromatic rings. The third-order valence-corrected chi connectivity index (χ3v) is 4.99. The first-order valence-corrected chi connectivity index (χ1v) is 6.19. The number of hydrogen-bond donors (Lipinski definition) is 0. The Morgan fingerprint density at radius 2 is 1.73 bits per heavy atom. The van der Waals surface area contributed by atoms with Crippen LogP contribution in [-0.4, -0.2) is 13.1 Å². The van der Waals surface area contributed by atoms with E-state index in [9.17, 15) is 4.79 Å². The molecule has 0 aromatic carbocycles. The molecule has 1 atom stereocenters. The smallest absolute Gasteiger partial charge is 0.306 e. The molecule has 0 aliphatic heterocycles. The molecule has 0 bridgehead atoms. The number of ether oxygens (including phenoxy) is 1. The molecule has 0 amide bonds. The zero-order chi connectivity index (χ0) is 10.9. The summed E-state index contributed by atoms with van der Waals surface area (Å²) in [7, 11) is 1.50. The third kappa shape index (κ3) is 1.68. The van der Waals surface area contributed by atoms with Crippen molar-refractivity contribution in [3.05, 3.63) is 0 Å². The van der Waals surface area contributed by atoms with E-state index in [1.54, 1.807) is 0 Å². The van der Waals surface area contributed by atoms with Crippen molar-refractivity contribution < 1.29 is 9.53 Å². The van der Waals surface area contributed by atoms with Gasteiger partial charge in [0.2, 0.25) is 0 Å². The van der Waals surface area contributed by atoms with Crippen molar-refractivity contribution in [1.29, 1.82) is 0 Å². The molecular weight excluding hydrogens is 188 g/mol. The molecule has 0 heterocycles. The van der Waals surface area contributed by atoms with Gasteiger partial charge in [-0.2, -0.15) is 0 Å². The summed E-state index contributed by atoms with van der Waals surface area (Å²) >= 11 is 0. The van der Waals surface area contributed by atoms with Crippen LogP contribution < -0.4 is 0 Å². The van der Waals surface area contributed by atoms with E-state index in [4.69, 9.17) is 4.74 Å². The molecule has 2 saturated carbocycles. The molecule has 0 aromatic heterocycles. The summed E-state index contributed by atoms with van der Waals surface area (Å²) in [6, 6.07) is 0. The van der Waals surface area contributed by atoms with Gasteiger partial charge in [0, 0.05) is 0 Å². The minimum absolute atomic E-state index is 0.0225. The zero-order valence-electron chi connectivity index (χ0n) is 9.97. The van der Waals surface area contributed by atoms with Crippen LogP contribution in [0.2, 0.25) is 0 Å². The number of carbonyl (C=O) groups is 1. The van der Waals surface area contributed by atoms with Gasteiger partial charge in [-0.15, -0.1) is 0 Å². The molecule has 86 valence electrons. The topological polar surface area (TPSA) is 26.3 Å². The van der Waals surface area contributed by atoms with E-state index in [0.29, 0.717) is 11.8 Å². The van der Waals surface area contributed by atoms with Crippen LogP contribution in [0.5, 0.6) is 0 Å². The van der Waals surface area contributed by atoms with Crippen LogP contribution in [0.25, 0.3) is 0 Å². The van der Waals surface area contributed by atoms with Gasteiger partial charge in [0.05, 0.1) is 13.5 Å². The van der Waals surface area contributed by atoms with E-state index in [-0.39, 0.29) is 11.4 Å². The van der Waals surface area contributed by atoms with Crippen LogP contribution >= 0.6 is 0 Å². The van der Waals surface area contributed by atoms with Crippen LogP contribution in [0, 0.1) is 10.8 Å². The van der Waals surface area contributed by atoms with E-state index in [0.717, 1.165) is 0 Å². The molecule has 2 fully saturated rings. The Morgan fingerprint density at radius 3 is 2.33 bits per heavy atom. The first-order valence-electron chi connectivity index (χ1n) is 6.19. The second-order valence-electron chi connectivity index (χ2n) is 5.65. The van der Waals surface area contributed by atoms with Crippen molar-refractivity contribution in [3.63, 3.8) is 0 Å². The van der Waals surface area contributed by atoms with Crippen LogP contribution in [0.15, 0.2) is 0 Å². The number of methoxy groups -OCH3 is 1. The molecule has 2 aliphatic rings. The lowest BCUT2D eigenvalue weighted by Gasteiger charge is -2.40. The van der Waals surface area contributed by atoms with Gasteiger partial charge in [0.15, 0.2) is 0 Å². The first kappa shape index (κ1) is 11.0. The molecule has 0 radical (unpaired) electrons. The summed E-state index contributed by atoms with van der Waals surface area (Å²) in [4.78, 5) is 11.5. The monoisotopic (exact) mass is 210 g/mol. The average molecular weight is 210 g/mol. The van der Waals surface area contributed by atoms with Gasteiger partial charge in [0.25, 0.3) is 0 Å². The number of carbonyl (C=O) groups excluding carboxylic acids is 1. The van der Waals surface area contributed by atoms with Crippen molar-refractivity contribution >= 4 is 5.97 Å². The molecule has 2 nitrogen and oxygen atoms in total. The van der Waals surface area contributed by atoms with Crippen molar-refractivity contribution in [2.45, 2.75) is 58.3 Å². The van der Waals surface area contributed by atoms with E-state index < -0.39 is 0 Å². The minimum Gasteiger partial charge on any atom is -0.469 e. The fraction of sp³-hybridized carbons (Fsp3) is 0.923. The molecule has 0 saturated heterocycles. The molecule has 2 aliphatic carbocycles. The third-order valence-electron chi connectivity index (χ3n) is 4.99.